The number of hydrogen-bond acceptors (Lipinski definition) is 3. The first-order valence-corrected chi connectivity index (χ1v) is 8.85. The van der Waals surface area contributed by atoms with Gasteiger partial charge in [-0.15, -0.1) is 0 Å². The van der Waals surface area contributed by atoms with Crippen molar-refractivity contribution < 1.29 is 4.39 Å². The van der Waals surface area contributed by atoms with Gasteiger partial charge < -0.3 is 0 Å². The molecule has 1 aliphatic rings. The van der Waals surface area contributed by atoms with Crippen molar-refractivity contribution in [2.24, 2.45) is 0 Å². The maximum absolute atomic E-state index is 13.9. The van der Waals surface area contributed by atoms with E-state index in [0.717, 1.165) is 31.7 Å². The fraction of sp³-hybridized carbons (Fsp3) is 0.450. The first-order chi connectivity index (χ1) is 11.8. The van der Waals surface area contributed by atoms with Gasteiger partial charge in [0.15, 0.2) is 0 Å². The number of aromatic nitrogens is 1. The first-order valence-electron chi connectivity index (χ1n) is 8.85. The highest BCUT2D eigenvalue weighted by atomic mass is 19.1. The Hall–Kier alpha value is -1.78. The van der Waals surface area contributed by atoms with Crippen molar-refractivity contribution in [3.63, 3.8) is 0 Å². The van der Waals surface area contributed by atoms with E-state index in [0.29, 0.717) is 12.6 Å². The van der Waals surface area contributed by atoms with E-state index in [-0.39, 0.29) is 5.82 Å². The number of likely N-dealkylation sites (N-methyl/N-ethyl adjacent to an activating group) is 1. The molecule has 1 saturated heterocycles. The Morgan fingerprint density at radius 2 is 2.00 bits per heavy atom. The highest BCUT2D eigenvalue weighted by Gasteiger charge is 2.25. The first kappa shape index (κ1) is 17.1. The van der Waals surface area contributed by atoms with Crippen molar-refractivity contribution in [3.05, 3.63) is 65.7 Å². The highest BCUT2D eigenvalue weighted by Crippen LogP contribution is 2.20. The van der Waals surface area contributed by atoms with Crippen LogP contribution in [0.2, 0.25) is 0 Å². The number of nitrogens with zero attached hydrogens (tertiary/aromatic N) is 3. The van der Waals surface area contributed by atoms with Crippen LogP contribution in [0.15, 0.2) is 48.8 Å². The van der Waals surface area contributed by atoms with Crippen LogP contribution >= 0.6 is 0 Å². The zero-order valence-corrected chi connectivity index (χ0v) is 14.4. The van der Waals surface area contributed by atoms with Crippen LogP contribution in [-0.4, -0.2) is 40.5 Å². The zero-order valence-electron chi connectivity index (χ0n) is 14.4. The van der Waals surface area contributed by atoms with Crippen LogP contribution in [0.4, 0.5) is 4.39 Å². The summed E-state index contributed by atoms with van der Waals surface area (Å²) in [6, 6.07) is 11.8. The Morgan fingerprint density at radius 3 is 2.75 bits per heavy atom. The fourth-order valence-electron chi connectivity index (χ4n) is 3.56. The van der Waals surface area contributed by atoms with Crippen LogP contribution in [0.3, 0.4) is 0 Å². The van der Waals surface area contributed by atoms with Gasteiger partial charge in [0.1, 0.15) is 5.82 Å². The molecule has 2 aromatic rings. The molecule has 0 amide bonds. The topological polar surface area (TPSA) is 19.4 Å². The summed E-state index contributed by atoms with van der Waals surface area (Å²) in [5.74, 6) is -0.0937. The summed E-state index contributed by atoms with van der Waals surface area (Å²) in [6.07, 6.45) is 6.10. The maximum Gasteiger partial charge on any atom is 0.127 e. The normalized spacial score (nSPS) is 18.9. The van der Waals surface area contributed by atoms with Crippen LogP contribution in [0, 0.1) is 5.82 Å². The number of likely N-dealkylation sites (tertiary alicyclic amines) is 1. The van der Waals surface area contributed by atoms with Crippen molar-refractivity contribution in [1.29, 1.82) is 0 Å². The third kappa shape index (κ3) is 4.40. The van der Waals surface area contributed by atoms with Crippen LogP contribution in [0.25, 0.3) is 0 Å². The number of rotatable bonds is 6. The lowest BCUT2D eigenvalue weighted by atomic mass is 10.0. The molecular weight excluding hydrogens is 301 g/mol. The largest absolute Gasteiger partial charge is 0.297 e. The molecule has 2 heterocycles. The van der Waals surface area contributed by atoms with Gasteiger partial charge in [0, 0.05) is 43.6 Å². The summed E-state index contributed by atoms with van der Waals surface area (Å²) >= 11 is 0. The van der Waals surface area contributed by atoms with Gasteiger partial charge in [0.25, 0.3) is 0 Å². The molecule has 0 saturated carbocycles. The van der Waals surface area contributed by atoms with E-state index in [9.17, 15) is 4.39 Å². The second-order valence-corrected chi connectivity index (χ2v) is 6.54. The minimum Gasteiger partial charge on any atom is -0.297 e. The third-order valence-electron chi connectivity index (χ3n) is 4.89. The number of hydrogen-bond donors (Lipinski definition) is 0. The van der Waals surface area contributed by atoms with Gasteiger partial charge in [-0.3, -0.25) is 14.8 Å². The van der Waals surface area contributed by atoms with Gasteiger partial charge in [-0.05, 0) is 49.7 Å². The number of halogens is 1. The molecular formula is C20H26FN3. The Bertz CT molecular complexity index is 632. The van der Waals surface area contributed by atoms with Gasteiger partial charge in [-0.25, -0.2) is 4.39 Å². The second kappa shape index (κ2) is 8.36. The number of pyridine rings is 1. The molecule has 4 heteroatoms. The molecule has 1 fully saturated rings. The Labute approximate surface area is 144 Å². The predicted molar refractivity (Wildman–Crippen MR) is 95.0 cm³/mol. The molecule has 24 heavy (non-hydrogen) atoms. The predicted octanol–water partition coefficient (Wildman–Crippen LogP) is 3.71. The van der Waals surface area contributed by atoms with E-state index in [1.165, 1.54) is 18.4 Å². The summed E-state index contributed by atoms with van der Waals surface area (Å²) in [5, 5.41) is 0. The average molecular weight is 327 g/mol. The summed E-state index contributed by atoms with van der Waals surface area (Å²) in [5.41, 5.74) is 2.11. The molecule has 0 spiro atoms. The Morgan fingerprint density at radius 1 is 1.21 bits per heavy atom. The Balaban J connectivity index is 1.62. The monoisotopic (exact) mass is 327 g/mol. The molecule has 0 N–H and O–H groups in total. The summed E-state index contributed by atoms with van der Waals surface area (Å²) in [4.78, 5) is 9.02. The average Bonchev–Trinajstić information content (AvgIpc) is 2.63. The smallest absolute Gasteiger partial charge is 0.127 e. The standard InChI is InChI=1S/C20H26FN3/c1-2-24(14-17-9-11-22-12-10-17)19-7-5-13-23(16-19)15-18-6-3-4-8-20(18)21/h3-4,6,8-12,19H,2,5,7,13-16H2,1H3. The third-order valence-corrected chi connectivity index (χ3v) is 4.89. The van der Waals surface area contributed by atoms with Crippen LogP contribution in [0.5, 0.6) is 0 Å². The van der Waals surface area contributed by atoms with E-state index in [1.54, 1.807) is 12.1 Å². The van der Waals surface area contributed by atoms with Gasteiger partial charge in [0.2, 0.25) is 0 Å². The molecule has 1 unspecified atom stereocenters. The minimum atomic E-state index is -0.0937. The Kier molecular flexibility index (Phi) is 5.94. The van der Waals surface area contributed by atoms with Gasteiger partial charge in [-0.1, -0.05) is 25.1 Å². The van der Waals surface area contributed by atoms with Crippen molar-refractivity contribution in [2.75, 3.05) is 19.6 Å². The number of benzene rings is 1. The van der Waals surface area contributed by atoms with Crippen LogP contribution in [0.1, 0.15) is 30.9 Å². The molecule has 3 rings (SSSR count). The minimum absolute atomic E-state index is 0.0937. The summed E-state index contributed by atoms with van der Waals surface area (Å²) < 4.78 is 13.9. The highest BCUT2D eigenvalue weighted by molar-refractivity contribution is 5.17. The van der Waals surface area contributed by atoms with Gasteiger partial charge >= 0.3 is 0 Å². The summed E-state index contributed by atoms with van der Waals surface area (Å²) in [6.45, 7) is 6.97. The molecule has 128 valence electrons. The second-order valence-electron chi connectivity index (χ2n) is 6.54. The molecule has 0 aliphatic carbocycles. The summed E-state index contributed by atoms with van der Waals surface area (Å²) in [7, 11) is 0. The fourth-order valence-corrected chi connectivity index (χ4v) is 3.56. The van der Waals surface area contributed by atoms with E-state index in [2.05, 4.69) is 33.8 Å². The molecule has 3 nitrogen and oxygen atoms in total. The lowest BCUT2D eigenvalue weighted by Gasteiger charge is -2.39. The van der Waals surface area contributed by atoms with E-state index < -0.39 is 0 Å². The van der Waals surface area contributed by atoms with E-state index in [1.807, 2.05) is 24.5 Å². The maximum atomic E-state index is 13.9. The molecule has 1 aliphatic heterocycles. The lowest BCUT2D eigenvalue weighted by Crippen LogP contribution is -2.47. The zero-order chi connectivity index (χ0) is 16.8. The van der Waals surface area contributed by atoms with Crippen LogP contribution in [-0.2, 0) is 13.1 Å². The molecule has 0 bridgehead atoms. The quantitative estimate of drug-likeness (QED) is 0.806. The molecule has 1 aromatic heterocycles. The van der Waals surface area contributed by atoms with Gasteiger partial charge in [0.05, 0.1) is 0 Å². The van der Waals surface area contributed by atoms with E-state index in [4.69, 9.17) is 0 Å². The lowest BCUT2D eigenvalue weighted by molar-refractivity contribution is 0.0911. The van der Waals surface area contributed by atoms with Gasteiger partial charge in [-0.2, -0.15) is 0 Å². The van der Waals surface area contributed by atoms with Crippen molar-refractivity contribution >= 4 is 0 Å². The van der Waals surface area contributed by atoms with Crippen molar-refractivity contribution in [1.82, 2.24) is 14.8 Å². The van der Waals surface area contributed by atoms with Crippen molar-refractivity contribution in [2.45, 2.75) is 38.9 Å². The molecule has 0 radical (unpaired) electrons. The number of piperidine rings is 1. The molecule has 1 aromatic carbocycles. The molecule has 1 atom stereocenters. The van der Waals surface area contributed by atoms with Crippen molar-refractivity contribution in [3.8, 4) is 0 Å². The SMILES string of the molecule is CCN(Cc1ccncc1)C1CCCN(Cc2ccccc2F)C1. The van der Waals surface area contributed by atoms with Crippen LogP contribution < -0.4 is 0 Å². The van der Waals surface area contributed by atoms with E-state index >= 15 is 0 Å².